The fourth-order valence-electron chi connectivity index (χ4n) is 3.59. The average Bonchev–Trinajstić information content (AvgIpc) is 2.49. The molecule has 3 unspecified atom stereocenters. The van der Waals surface area contributed by atoms with Gasteiger partial charge in [0.2, 0.25) is 11.1 Å². The Morgan fingerprint density at radius 2 is 2.07 bits per heavy atom. The van der Waals surface area contributed by atoms with Crippen molar-refractivity contribution < 1.29 is 18.7 Å². The molecular formula is C10H16O4S. The van der Waals surface area contributed by atoms with Crippen LogP contribution >= 0.6 is 0 Å². The van der Waals surface area contributed by atoms with E-state index in [2.05, 4.69) is 0 Å². The van der Waals surface area contributed by atoms with Gasteiger partial charge >= 0.3 is 0 Å². The molecular weight excluding hydrogens is 216 g/mol. The van der Waals surface area contributed by atoms with E-state index in [1.165, 1.54) is 0 Å². The fraction of sp³-hybridized carbons (Fsp3) is 0.900. The Morgan fingerprint density at radius 3 is 2.40 bits per heavy atom. The van der Waals surface area contributed by atoms with Crippen molar-refractivity contribution in [1.29, 1.82) is 0 Å². The third kappa shape index (κ3) is 1.14. The minimum absolute atomic E-state index is 0.292. The van der Waals surface area contributed by atoms with Gasteiger partial charge in [-0.2, -0.15) is 0 Å². The Bertz CT molecular complexity index is 338. The zero-order valence-electron chi connectivity index (χ0n) is 8.90. The number of carbonyl (C=O) groups is 1. The molecule has 0 heterocycles. The molecule has 2 aliphatic carbocycles. The topological polar surface area (TPSA) is 74.6 Å². The van der Waals surface area contributed by atoms with Gasteiger partial charge in [0.15, 0.2) is 0 Å². The normalized spacial score (nSPS) is 44.3. The van der Waals surface area contributed by atoms with Crippen LogP contribution in [0, 0.1) is 16.7 Å². The number of hydrogen-bond donors (Lipinski definition) is 2. The van der Waals surface area contributed by atoms with Crippen molar-refractivity contribution in [3.05, 3.63) is 0 Å². The van der Waals surface area contributed by atoms with Crippen molar-refractivity contribution in [2.24, 2.45) is 16.7 Å². The molecule has 0 aromatic heterocycles. The summed E-state index contributed by atoms with van der Waals surface area (Å²) in [4.78, 5) is 11.8. The van der Waals surface area contributed by atoms with Crippen molar-refractivity contribution in [1.82, 2.24) is 0 Å². The van der Waals surface area contributed by atoms with E-state index in [1.807, 2.05) is 13.8 Å². The largest absolute Gasteiger partial charge is 0.392 e. The van der Waals surface area contributed by atoms with Crippen molar-refractivity contribution in [3.63, 3.8) is 0 Å². The van der Waals surface area contributed by atoms with Gasteiger partial charge in [-0.05, 0) is 30.6 Å². The third-order valence-electron chi connectivity index (χ3n) is 4.66. The van der Waals surface area contributed by atoms with E-state index in [0.717, 1.165) is 6.42 Å². The van der Waals surface area contributed by atoms with Crippen molar-refractivity contribution in [3.8, 4) is 0 Å². The third-order valence-corrected chi connectivity index (χ3v) is 5.34. The van der Waals surface area contributed by atoms with Gasteiger partial charge in [0.05, 0.1) is 11.5 Å². The van der Waals surface area contributed by atoms with Gasteiger partial charge in [0.1, 0.15) is 0 Å². The molecule has 0 aromatic carbocycles. The molecule has 86 valence electrons. The lowest BCUT2D eigenvalue weighted by Gasteiger charge is -2.37. The monoisotopic (exact) mass is 232 g/mol. The molecule has 2 N–H and O–H groups in total. The minimum atomic E-state index is -2.48. The quantitative estimate of drug-likeness (QED) is 0.659. The summed E-state index contributed by atoms with van der Waals surface area (Å²) in [6, 6.07) is 0. The van der Waals surface area contributed by atoms with Crippen LogP contribution in [0.5, 0.6) is 0 Å². The number of fused-ring (bicyclic) bond motifs is 2. The lowest BCUT2D eigenvalue weighted by Crippen LogP contribution is -2.47. The van der Waals surface area contributed by atoms with Crippen LogP contribution in [0.25, 0.3) is 0 Å². The minimum Gasteiger partial charge on any atom is -0.392 e. The molecule has 0 aromatic rings. The lowest BCUT2D eigenvalue weighted by atomic mass is 9.69. The number of hydrogen-bond acceptors (Lipinski definition) is 3. The average molecular weight is 232 g/mol. The zero-order valence-corrected chi connectivity index (χ0v) is 9.71. The highest BCUT2D eigenvalue weighted by Gasteiger charge is 2.68. The Kier molecular flexibility index (Phi) is 2.34. The molecule has 15 heavy (non-hydrogen) atoms. The second-order valence-electron chi connectivity index (χ2n) is 5.22. The van der Waals surface area contributed by atoms with E-state index in [1.54, 1.807) is 0 Å². The summed E-state index contributed by atoms with van der Waals surface area (Å²) in [6.45, 7) is 3.84. The van der Waals surface area contributed by atoms with Crippen LogP contribution in [0.3, 0.4) is 0 Å². The number of aliphatic hydroxyl groups is 1. The van der Waals surface area contributed by atoms with E-state index in [4.69, 9.17) is 4.55 Å². The molecule has 4 nitrogen and oxygen atoms in total. The predicted molar refractivity (Wildman–Crippen MR) is 55.3 cm³/mol. The molecule has 2 fully saturated rings. The SMILES string of the molecule is CC1(C)C2CCC1(C(=O)S(=O)O)[C@H](O)C2. The first kappa shape index (κ1) is 11.2. The van der Waals surface area contributed by atoms with Gasteiger partial charge in [0.25, 0.3) is 5.12 Å². The van der Waals surface area contributed by atoms with Gasteiger partial charge in [-0.25, -0.2) is 4.21 Å². The Balaban J connectivity index is 2.48. The summed E-state index contributed by atoms with van der Waals surface area (Å²) < 4.78 is 19.9. The van der Waals surface area contributed by atoms with Gasteiger partial charge in [-0.15, -0.1) is 0 Å². The maximum atomic E-state index is 11.8. The molecule has 2 bridgehead atoms. The van der Waals surface area contributed by atoms with Crippen LogP contribution in [0.1, 0.15) is 33.1 Å². The second-order valence-corrected chi connectivity index (χ2v) is 6.09. The summed E-state index contributed by atoms with van der Waals surface area (Å²) in [5.74, 6) is 0.292. The summed E-state index contributed by atoms with van der Waals surface area (Å²) in [5, 5.41) is 9.26. The van der Waals surface area contributed by atoms with Gasteiger partial charge < -0.3 is 5.11 Å². The predicted octanol–water partition coefficient (Wildman–Crippen LogP) is 0.922. The molecule has 2 saturated carbocycles. The molecule has 0 amide bonds. The van der Waals surface area contributed by atoms with Gasteiger partial charge in [-0.1, -0.05) is 13.8 Å². The first-order valence-corrected chi connectivity index (χ1v) is 6.28. The second kappa shape index (κ2) is 3.12. The van der Waals surface area contributed by atoms with Crippen LogP contribution in [-0.4, -0.2) is 25.1 Å². The molecule has 2 aliphatic rings. The van der Waals surface area contributed by atoms with Crippen LogP contribution in [0.15, 0.2) is 0 Å². The summed E-state index contributed by atoms with van der Waals surface area (Å²) in [7, 11) is 0. The molecule has 4 atom stereocenters. The van der Waals surface area contributed by atoms with Crippen molar-refractivity contribution in [2.45, 2.75) is 39.2 Å². The first-order valence-electron chi connectivity index (χ1n) is 5.17. The van der Waals surface area contributed by atoms with Gasteiger partial charge in [-0.3, -0.25) is 9.35 Å². The van der Waals surface area contributed by atoms with Crippen molar-refractivity contribution >= 4 is 16.2 Å². The van der Waals surface area contributed by atoms with Crippen LogP contribution in [0.2, 0.25) is 0 Å². The number of aliphatic hydroxyl groups excluding tert-OH is 1. The summed E-state index contributed by atoms with van der Waals surface area (Å²) in [6.07, 6.45) is 1.23. The highest BCUT2D eigenvalue weighted by molar-refractivity contribution is 7.95. The van der Waals surface area contributed by atoms with E-state index in [0.29, 0.717) is 18.8 Å². The molecule has 0 saturated heterocycles. The molecule has 5 heteroatoms. The Hall–Kier alpha value is -0.260. The Labute approximate surface area is 91.3 Å². The maximum absolute atomic E-state index is 11.8. The van der Waals surface area contributed by atoms with E-state index in [-0.39, 0.29) is 5.41 Å². The smallest absolute Gasteiger partial charge is 0.255 e. The van der Waals surface area contributed by atoms with Crippen LogP contribution in [0.4, 0.5) is 0 Å². The molecule has 0 aliphatic heterocycles. The Morgan fingerprint density at radius 1 is 1.47 bits per heavy atom. The van der Waals surface area contributed by atoms with E-state index in [9.17, 15) is 14.1 Å². The molecule has 0 radical (unpaired) electrons. The number of rotatable bonds is 1. The number of carbonyl (C=O) groups excluding carboxylic acids is 1. The van der Waals surface area contributed by atoms with Gasteiger partial charge in [0, 0.05) is 0 Å². The molecule has 0 spiro atoms. The van der Waals surface area contributed by atoms with E-state index < -0.39 is 27.7 Å². The summed E-state index contributed by atoms with van der Waals surface area (Å²) >= 11 is -2.48. The van der Waals surface area contributed by atoms with E-state index >= 15 is 0 Å². The summed E-state index contributed by atoms with van der Waals surface area (Å²) in [5.41, 5.74) is -1.35. The van der Waals surface area contributed by atoms with Crippen molar-refractivity contribution in [2.75, 3.05) is 0 Å². The zero-order chi connectivity index (χ0) is 11.4. The van der Waals surface area contributed by atoms with Crippen LogP contribution < -0.4 is 0 Å². The molecule has 2 rings (SSSR count). The maximum Gasteiger partial charge on any atom is 0.255 e. The standard InChI is InChI=1S/C10H16O4S/c1-9(2)6-3-4-10(9,7(11)5-6)8(12)15(13)14/h6-7,11H,3-5H2,1-2H3,(H,13,14)/t6?,7-,10?/m1/s1. The fourth-order valence-corrected chi connectivity index (χ4v) is 4.40. The van der Waals surface area contributed by atoms with Crippen LogP contribution in [-0.2, 0) is 15.9 Å². The first-order chi connectivity index (χ1) is 6.84. The highest BCUT2D eigenvalue weighted by atomic mass is 32.2. The highest BCUT2D eigenvalue weighted by Crippen LogP contribution is 2.66. The lowest BCUT2D eigenvalue weighted by molar-refractivity contribution is -0.131.